The van der Waals surface area contributed by atoms with Crippen LogP contribution in [0.2, 0.25) is 18.1 Å². The highest BCUT2D eigenvalue weighted by Crippen LogP contribution is 2.44. The summed E-state index contributed by atoms with van der Waals surface area (Å²) in [5.41, 5.74) is 0. The zero-order valence-electron chi connectivity index (χ0n) is 15.4. The van der Waals surface area contributed by atoms with Gasteiger partial charge in [0.05, 0.1) is 24.1 Å². The number of carbonyl (C=O) groups excluding carboxylic acids is 1. The van der Waals surface area contributed by atoms with Crippen LogP contribution >= 0.6 is 11.9 Å². The first-order chi connectivity index (χ1) is 10.5. The van der Waals surface area contributed by atoms with Crippen LogP contribution in [0, 0.1) is 23.2 Å². The highest BCUT2D eigenvalue weighted by Gasteiger charge is 2.54. The number of hydrogen-bond donors (Lipinski definition) is 0. The smallest absolute Gasteiger partial charge is 0.240 e. The fourth-order valence-corrected chi connectivity index (χ4v) is 5.06. The highest BCUT2D eigenvalue weighted by atomic mass is 32.2. The molecular weight excluding hydrogens is 324 g/mol. The molecule has 0 unspecified atom stereocenters. The molecule has 1 saturated heterocycles. The predicted octanol–water partition coefficient (Wildman–Crippen LogP) is 4.22. The minimum atomic E-state index is -1.94. The van der Waals surface area contributed by atoms with E-state index in [1.165, 1.54) is 11.9 Å². The molecule has 1 heterocycles. The molecule has 0 aromatic carbocycles. The lowest BCUT2D eigenvalue weighted by Gasteiger charge is -2.52. The Balaban J connectivity index is 2.97. The van der Waals surface area contributed by atoms with Gasteiger partial charge in [-0.3, -0.25) is 9.10 Å². The van der Waals surface area contributed by atoms with Gasteiger partial charge in [-0.25, -0.2) is 0 Å². The predicted molar refractivity (Wildman–Crippen MR) is 99.3 cm³/mol. The maximum Gasteiger partial charge on any atom is 0.240 e. The van der Waals surface area contributed by atoms with E-state index in [0.29, 0.717) is 6.42 Å². The molecule has 0 saturated carbocycles. The van der Waals surface area contributed by atoms with Gasteiger partial charge in [0.1, 0.15) is 0 Å². The van der Waals surface area contributed by atoms with Crippen molar-refractivity contribution in [1.82, 2.24) is 4.31 Å². The Morgan fingerprint density at radius 3 is 2.48 bits per heavy atom. The molecule has 1 aliphatic rings. The van der Waals surface area contributed by atoms with Crippen molar-refractivity contribution < 1.29 is 9.22 Å². The molecule has 1 fully saturated rings. The van der Waals surface area contributed by atoms with Gasteiger partial charge in [0, 0.05) is 18.6 Å². The van der Waals surface area contributed by atoms with Crippen molar-refractivity contribution in [2.75, 3.05) is 6.26 Å². The number of β-lactam (4-membered cyclic amide) rings is 1. The van der Waals surface area contributed by atoms with Crippen LogP contribution in [0.3, 0.4) is 0 Å². The van der Waals surface area contributed by atoms with E-state index in [2.05, 4.69) is 46.5 Å². The van der Waals surface area contributed by atoms with Crippen molar-refractivity contribution >= 4 is 26.2 Å². The molecule has 4 atom stereocenters. The number of amides is 1. The Morgan fingerprint density at radius 1 is 1.52 bits per heavy atom. The summed E-state index contributed by atoms with van der Waals surface area (Å²) in [7, 11) is -1.94. The first-order valence-corrected chi connectivity index (χ1v) is 12.1. The first-order valence-electron chi connectivity index (χ1n) is 8.06. The summed E-state index contributed by atoms with van der Waals surface area (Å²) in [6, 6.07) is 2.20. The molecule has 6 heteroatoms. The minimum Gasteiger partial charge on any atom is -0.413 e. The summed E-state index contributed by atoms with van der Waals surface area (Å²) < 4.78 is 8.22. The van der Waals surface area contributed by atoms with E-state index in [-0.39, 0.29) is 34.9 Å². The summed E-state index contributed by atoms with van der Waals surface area (Å²) in [6.45, 7) is 16.8. The summed E-state index contributed by atoms with van der Waals surface area (Å²) in [6.07, 6.45) is 3.93. The van der Waals surface area contributed by atoms with Gasteiger partial charge in [0.15, 0.2) is 8.32 Å². The molecule has 0 radical (unpaired) electrons. The lowest BCUT2D eigenvalue weighted by atomic mass is 9.77. The molecule has 1 amide bonds. The second-order valence-electron chi connectivity index (χ2n) is 7.71. The SMILES string of the molecule is C=C[C@@H](CC#N)[C@@H]1[C@@H]([C@@H](C)O[Si](C)(C)C(C)(C)C)C(=O)N1SC. The van der Waals surface area contributed by atoms with Gasteiger partial charge in [0.2, 0.25) is 5.91 Å². The molecule has 0 spiro atoms. The van der Waals surface area contributed by atoms with Gasteiger partial charge in [0.25, 0.3) is 0 Å². The first kappa shape index (κ1) is 20.3. The van der Waals surface area contributed by atoms with E-state index in [1.54, 1.807) is 10.4 Å². The van der Waals surface area contributed by atoms with Gasteiger partial charge in [-0.05, 0) is 25.1 Å². The zero-order valence-corrected chi connectivity index (χ0v) is 17.2. The van der Waals surface area contributed by atoms with Crippen molar-refractivity contribution in [1.29, 1.82) is 5.26 Å². The van der Waals surface area contributed by atoms with Gasteiger partial charge < -0.3 is 4.43 Å². The standard InChI is InChI=1S/C17H30N2O2SSi/c1-9-13(10-11-18)15-14(16(20)19(15)22-6)12(2)21-23(7,8)17(3,4)5/h9,12-15H,1,10H2,2-8H3/t12-,13+,14-,15-/m1/s1. The van der Waals surface area contributed by atoms with E-state index < -0.39 is 8.32 Å². The molecule has 0 N–H and O–H groups in total. The van der Waals surface area contributed by atoms with Gasteiger partial charge >= 0.3 is 0 Å². The number of hydrogen-bond acceptors (Lipinski definition) is 4. The monoisotopic (exact) mass is 354 g/mol. The lowest BCUT2D eigenvalue weighted by Crippen LogP contribution is -2.65. The van der Waals surface area contributed by atoms with Crippen LogP contribution < -0.4 is 0 Å². The van der Waals surface area contributed by atoms with Crippen LogP contribution in [0.1, 0.15) is 34.1 Å². The number of carbonyl (C=O) groups is 1. The molecule has 1 rings (SSSR count). The number of rotatable bonds is 7. The van der Waals surface area contributed by atoms with Crippen LogP contribution in [0.25, 0.3) is 0 Å². The Hall–Kier alpha value is -0.773. The Morgan fingerprint density at radius 2 is 2.09 bits per heavy atom. The quantitative estimate of drug-likeness (QED) is 0.297. The van der Waals surface area contributed by atoms with E-state index >= 15 is 0 Å². The number of nitrogens with zero attached hydrogens (tertiary/aromatic N) is 2. The van der Waals surface area contributed by atoms with E-state index in [9.17, 15) is 4.79 Å². The summed E-state index contributed by atoms with van der Waals surface area (Å²) >= 11 is 1.42. The maximum absolute atomic E-state index is 12.5. The second-order valence-corrected chi connectivity index (χ2v) is 13.2. The van der Waals surface area contributed by atoms with Crippen molar-refractivity contribution in [3.8, 4) is 6.07 Å². The zero-order chi connectivity index (χ0) is 18.0. The van der Waals surface area contributed by atoms with Crippen LogP contribution in [-0.2, 0) is 9.22 Å². The highest BCUT2D eigenvalue weighted by molar-refractivity contribution is 7.96. The third-order valence-electron chi connectivity index (χ3n) is 5.20. The van der Waals surface area contributed by atoms with Crippen molar-refractivity contribution in [3.05, 3.63) is 12.7 Å². The lowest BCUT2D eigenvalue weighted by molar-refractivity contribution is -0.153. The molecule has 130 valence electrons. The fraction of sp³-hybridized carbons (Fsp3) is 0.765. The normalized spacial score (nSPS) is 24.6. The minimum absolute atomic E-state index is 0.00517. The topological polar surface area (TPSA) is 53.3 Å². The second kappa shape index (κ2) is 7.41. The third kappa shape index (κ3) is 4.01. The molecule has 0 aromatic rings. The largest absolute Gasteiger partial charge is 0.413 e. The summed E-state index contributed by atoms with van der Waals surface area (Å²) in [5, 5.41) is 9.15. The molecule has 23 heavy (non-hydrogen) atoms. The number of nitriles is 1. The van der Waals surface area contributed by atoms with E-state index in [1.807, 2.05) is 13.2 Å². The average Bonchev–Trinajstić information content (AvgIpc) is 2.41. The van der Waals surface area contributed by atoms with Crippen LogP contribution in [-0.4, -0.2) is 36.9 Å². The molecule has 0 bridgehead atoms. The molecular formula is C17H30N2O2SSi. The van der Waals surface area contributed by atoms with Gasteiger partial charge in [-0.2, -0.15) is 5.26 Å². The van der Waals surface area contributed by atoms with Gasteiger partial charge in [-0.15, -0.1) is 6.58 Å². The van der Waals surface area contributed by atoms with Crippen molar-refractivity contribution in [3.63, 3.8) is 0 Å². The maximum atomic E-state index is 12.5. The molecule has 0 aliphatic carbocycles. The third-order valence-corrected chi connectivity index (χ3v) is 10.6. The Bertz CT molecular complexity index is 496. The van der Waals surface area contributed by atoms with E-state index in [4.69, 9.17) is 9.69 Å². The average molecular weight is 355 g/mol. The van der Waals surface area contributed by atoms with Crippen LogP contribution in [0.5, 0.6) is 0 Å². The fourth-order valence-electron chi connectivity index (χ4n) is 2.80. The van der Waals surface area contributed by atoms with Crippen molar-refractivity contribution in [2.24, 2.45) is 11.8 Å². The summed E-state index contributed by atoms with van der Waals surface area (Å²) in [5.74, 6) is -0.0907. The van der Waals surface area contributed by atoms with Gasteiger partial charge in [-0.1, -0.05) is 38.8 Å². The van der Waals surface area contributed by atoms with Crippen LogP contribution in [0.4, 0.5) is 0 Å². The molecule has 0 aromatic heterocycles. The summed E-state index contributed by atoms with van der Waals surface area (Å²) in [4.78, 5) is 12.5. The molecule has 4 nitrogen and oxygen atoms in total. The Kier molecular flexibility index (Phi) is 6.53. The Labute approximate surface area is 146 Å². The van der Waals surface area contributed by atoms with E-state index in [0.717, 1.165) is 0 Å². The molecule has 1 aliphatic heterocycles. The van der Waals surface area contributed by atoms with Crippen molar-refractivity contribution in [2.45, 2.75) is 64.4 Å². The van der Waals surface area contributed by atoms with Crippen LogP contribution in [0.15, 0.2) is 12.7 Å².